The second-order valence-corrected chi connectivity index (χ2v) is 7.73. The number of nitrogens with zero attached hydrogens (tertiary/aromatic N) is 7. The maximum atomic E-state index is 4.46. The lowest BCUT2D eigenvalue weighted by Gasteiger charge is -2.39. The van der Waals surface area contributed by atoms with Crippen LogP contribution in [0.2, 0.25) is 0 Å². The van der Waals surface area contributed by atoms with Gasteiger partial charge in [-0.15, -0.1) is 5.10 Å². The Bertz CT molecular complexity index is 1070. The van der Waals surface area contributed by atoms with Crippen LogP contribution in [-0.2, 0) is 6.54 Å². The molecule has 0 aliphatic carbocycles. The molecule has 0 unspecified atom stereocenters. The molecule has 0 bridgehead atoms. The zero-order valence-electron chi connectivity index (χ0n) is 17.3. The summed E-state index contributed by atoms with van der Waals surface area (Å²) in [5.41, 5.74) is 3.56. The third kappa shape index (κ3) is 4.32. The van der Waals surface area contributed by atoms with Gasteiger partial charge in [0.25, 0.3) is 0 Å². The van der Waals surface area contributed by atoms with Crippen LogP contribution in [0.3, 0.4) is 0 Å². The summed E-state index contributed by atoms with van der Waals surface area (Å²) in [6.07, 6.45) is 3.73. The van der Waals surface area contributed by atoms with Crippen molar-refractivity contribution in [2.75, 3.05) is 31.1 Å². The average molecular weight is 412 g/mol. The molecule has 3 heterocycles. The fourth-order valence-corrected chi connectivity index (χ4v) is 4.21. The van der Waals surface area contributed by atoms with Crippen molar-refractivity contribution < 1.29 is 0 Å². The van der Waals surface area contributed by atoms with E-state index in [1.807, 2.05) is 35.1 Å². The number of rotatable bonds is 6. The highest BCUT2D eigenvalue weighted by Crippen LogP contribution is 2.29. The molecule has 5 rings (SSSR count). The van der Waals surface area contributed by atoms with E-state index in [4.69, 9.17) is 0 Å². The number of aromatic nitrogens is 5. The molecule has 4 aromatic rings. The molecule has 0 amide bonds. The van der Waals surface area contributed by atoms with E-state index < -0.39 is 0 Å². The summed E-state index contributed by atoms with van der Waals surface area (Å²) in [6, 6.07) is 25.0. The van der Waals surface area contributed by atoms with Gasteiger partial charge >= 0.3 is 0 Å². The maximum Gasteiger partial charge on any atom is 0.173 e. The Morgan fingerprint density at radius 3 is 2.26 bits per heavy atom. The number of benzene rings is 2. The van der Waals surface area contributed by atoms with E-state index in [0.717, 1.165) is 37.6 Å². The first-order valence-electron chi connectivity index (χ1n) is 10.6. The van der Waals surface area contributed by atoms with E-state index in [-0.39, 0.29) is 6.04 Å². The lowest BCUT2D eigenvalue weighted by atomic mass is 10.0. The van der Waals surface area contributed by atoms with Gasteiger partial charge in [-0.2, -0.15) is 0 Å². The molecule has 1 saturated heterocycles. The van der Waals surface area contributed by atoms with Gasteiger partial charge in [-0.1, -0.05) is 54.6 Å². The van der Waals surface area contributed by atoms with E-state index in [2.05, 4.69) is 78.8 Å². The number of pyridine rings is 1. The Kier molecular flexibility index (Phi) is 5.66. The van der Waals surface area contributed by atoms with Crippen LogP contribution in [0.25, 0.3) is 0 Å². The highest BCUT2D eigenvalue weighted by Gasteiger charge is 2.30. The summed E-state index contributed by atoms with van der Waals surface area (Å²) >= 11 is 0. The van der Waals surface area contributed by atoms with Crippen molar-refractivity contribution >= 4 is 5.69 Å². The molecule has 0 spiro atoms. The second kappa shape index (κ2) is 9.06. The molecule has 1 atom stereocenters. The van der Waals surface area contributed by atoms with Crippen molar-refractivity contribution in [2.24, 2.45) is 0 Å². The van der Waals surface area contributed by atoms with Crippen LogP contribution in [0.1, 0.15) is 23.0 Å². The second-order valence-electron chi connectivity index (χ2n) is 7.73. The van der Waals surface area contributed by atoms with Gasteiger partial charge in [0.1, 0.15) is 0 Å². The van der Waals surface area contributed by atoms with Gasteiger partial charge in [-0.05, 0) is 39.8 Å². The number of hydrogen-bond donors (Lipinski definition) is 0. The number of piperazine rings is 1. The molecule has 2 aromatic carbocycles. The quantitative estimate of drug-likeness (QED) is 0.486. The van der Waals surface area contributed by atoms with E-state index >= 15 is 0 Å². The Labute approximate surface area is 182 Å². The summed E-state index contributed by atoms with van der Waals surface area (Å²) in [5.74, 6) is 0.852. The SMILES string of the molecule is c1ccc(Cn2nnnc2[C@H](c2cccnc2)N2CCN(c3ccccc3)CC2)cc1. The van der Waals surface area contributed by atoms with Crippen LogP contribution in [0.4, 0.5) is 5.69 Å². The predicted octanol–water partition coefficient (Wildman–Crippen LogP) is 3.03. The van der Waals surface area contributed by atoms with Crippen molar-refractivity contribution in [3.8, 4) is 0 Å². The molecule has 1 aliphatic rings. The molecule has 0 saturated carbocycles. The molecule has 156 valence electrons. The highest BCUT2D eigenvalue weighted by atomic mass is 15.6. The Morgan fingerprint density at radius 2 is 1.55 bits per heavy atom. The van der Waals surface area contributed by atoms with E-state index in [1.54, 1.807) is 6.20 Å². The molecule has 1 aliphatic heterocycles. The van der Waals surface area contributed by atoms with Crippen molar-refractivity contribution in [1.82, 2.24) is 30.1 Å². The van der Waals surface area contributed by atoms with Crippen LogP contribution in [-0.4, -0.2) is 56.3 Å². The first kappa shape index (κ1) is 19.4. The summed E-state index contributed by atoms with van der Waals surface area (Å²) in [5, 5.41) is 12.8. The number of tetrazole rings is 1. The van der Waals surface area contributed by atoms with E-state index in [1.165, 1.54) is 11.3 Å². The topological polar surface area (TPSA) is 63.0 Å². The standard InChI is InChI=1S/C24H25N7/c1-3-8-20(9-4-1)19-31-24(26-27-28-31)23(21-10-7-13-25-18-21)30-16-14-29(15-17-30)22-11-5-2-6-12-22/h1-13,18,23H,14-17,19H2/t23-/m0/s1. The fourth-order valence-electron chi connectivity index (χ4n) is 4.21. The van der Waals surface area contributed by atoms with Crippen LogP contribution in [0, 0.1) is 0 Å². The van der Waals surface area contributed by atoms with Gasteiger partial charge < -0.3 is 4.90 Å². The van der Waals surface area contributed by atoms with E-state index in [0.29, 0.717) is 6.54 Å². The Hall–Kier alpha value is -3.58. The first-order valence-corrected chi connectivity index (χ1v) is 10.6. The third-order valence-corrected chi connectivity index (χ3v) is 5.78. The molecule has 7 heteroatoms. The summed E-state index contributed by atoms with van der Waals surface area (Å²) in [4.78, 5) is 9.27. The summed E-state index contributed by atoms with van der Waals surface area (Å²) in [7, 11) is 0. The monoisotopic (exact) mass is 411 g/mol. The zero-order chi connectivity index (χ0) is 20.9. The number of hydrogen-bond acceptors (Lipinski definition) is 6. The molecule has 0 radical (unpaired) electrons. The van der Waals surface area contributed by atoms with Gasteiger partial charge in [0.05, 0.1) is 12.6 Å². The van der Waals surface area contributed by atoms with Crippen LogP contribution in [0.5, 0.6) is 0 Å². The normalized spacial score (nSPS) is 15.7. The first-order chi connectivity index (χ1) is 15.4. The van der Waals surface area contributed by atoms with Crippen molar-refractivity contribution in [3.05, 3.63) is 102 Å². The number of anilines is 1. The summed E-state index contributed by atoms with van der Waals surface area (Å²) in [6.45, 7) is 4.41. The molecule has 31 heavy (non-hydrogen) atoms. The third-order valence-electron chi connectivity index (χ3n) is 5.78. The number of para-hydroxylation sites is 1. The summed E-state index contributed by atoms with van der Waals surface area (Å²) < 4.78 is 1.91. The average Bonchev–Trinajstić information content (AvgIpc) is 3.29. The van der Waals surface area contributed by atoms with E-state index in [9.17, 15) is 0 Å². The van der Waals surface area contributed by atoms with Gasteiger partial charge in [0, 0.05) is 44.3 Å². The van der Waals surface area contributed by atoms with Crippen LogP contribution in [0.15, 0.2) is 85.2 Å². The van der Waals surface area contributed by atoms with Gasteiger partial charge in [0.15, 0.2) is 5.82 Å². The van der Waals surface area contributed by atoms with Crippen LogP contribution >= 0.6 is 0 Å². The molecule has 2 aromatic heterocycles. The molecular weight excluding hydrogens is 386 g/mol. The zero-order valence-corrected chi connectivity index (χ0v) is 17.3. The van der Waals surface area contributed by atoms with Gasteiger partial charge in [-0.3, -0.25) is 9.88 Å². The van der Waals surface area contributed by atoms with Gasteiger partial charge in [-0.25, -0.2) is 4.68 Å². The van der Waals surface area contributed by atoms with Crippen LogP contribution < -0.4 is 4.90 Å². The maximum absolute atomic E-state index is 4.46. The van der Waals surface area contributed by atoms with Crippen molar-refractivity contribution in [2.45, 2.75) is 12.6 Å². The molecular formula is C24H25N7. The van der Waals surface area contributed by atoms with Crippen molar-refractivity contribution in [3.63, 3.8) is 0 Å². The minimum Gasteiger partial charge on any atom is -0.369 e. The molecule has 1 fully saturated rings. The predicted molar refractivity (Wildman–Crippen MR) is 120 cm³/mol. The lowest BCUT2D eigenvalue weighted by Crippen LogP contribution is -2.48. The smallest absolute Gasteiger partial charge is 0.173 e. The minimum absolute atomic E-state index is 0.0367. The molecule has 7 nitrogen and oxygen atoms in total. The Morgan fingerprint density at radius 1 is 0.806 bits per heavy atom. The highest BCUT2D eigenvalue weighted by molar-refractivity contribution is 5.46. The molecule has 0 N–H and O–H groups in total. The minimum atomic E-state index is -0.0367. The lowest BCUT2D eigenvalue weighted by molar-refractivity contribution is 0.201. The fraction of sp³-hybridized carbons (Fsp3) is 0.250. The Balaban J connectivity index is 1.41. The van der Waals surface area contributed by atoms with Crippen molar-refractivity contribution in [1.29, 1.82) is 0 Å². The largest absolute Gasteiger partial charge is 0.369 e. The van der Waals surface area contributed by atoms with Gasteiger partial charge in [0.2, 0.25) is 0 Å².